The van der Waals surface area contributed by atoms with Crippen LogP contribution in [0, 0.1) is 5.92 Å². The quantitative estimate of drug-likeness (QED) is 0.685. The fourth-order valence-corrected chi connectivity index (χ4v) is 5.21. The Bertz CT molecular complexity index is 947. The van der Waals surface area contributed by atoms with E-state index in [4.69, 9.17) is 4.74 Å². The van der Waals surface area contributed by atoms with Gasteiger partial charge < -0.3 is 14.5 Å². The maximum absolute atomic E-state index is 13.4. The molecule has 2 saturated heterocycles. The number of carbonyl (C=O) groups excluding carboxylic acids is 2. The molecule has 32 heavy (non-hydrogen) atoms. The van der Waals surface area contributed by atoms with E-state index in [0.29, 0.717) is 12.5 Å². The van der Waals surface area contributed by atoms with E-state index in [1.807, 2.05) is 47.4 Å². The lowest BCUT2D eigenvalue weighted by Crippen LogP contribution is -2.46. The normalized spacial score (nSPS) is 21.9. The topological polar surface area (TPSA) is 49.9 Å². The number of nitrogens with zero attached hydrogens (tertiary/aromatic N) is 2. The standard InChI is InChI=1S/C27H32N2O3/c30-25(28-16-4-5-17-28)22-10-12-24(13-11-22)32-20-21-7-6-18-29(19-21)26(31)27(14-15-27)23-8-2-1-3-9-23/h1-3,8-13,21H,4-7,14-20H2. The molecule has 1 saturated carbocycles. The summed E-state index contributed by atoms with van der Waals surface area (Å²) in [6, 6.07) is 17.8. The average molecular weight is 433 g/mol. The number of piperidine rings is 1. The Morgan fingerprint density at radius 1 is 0.875 bits per heavy atom. The van der Waals surface area contributed by atoms with Gasteiger partial charge in [-0.05, 0) is 68.4 Å². The zero-order valence-electron chi connectivity index (χ0n) is 18.7. The molecule has 5 rings (SSSR count). The van der Waals surface area contributed by atoms with Crippen LogP contribution in [0.3, 0.4) is 0 Å². The molecule has 0 bridgehead atoms. The average Bonchev–Trinajstić information content (AvgIpc) is 3.48. The highest BCUT2D eigenvalue weighted by Gasteiger charge is 2.53. The second-order valence-corrected chi connectivity index (χ2v) is 9.54. The van der Waals surface area contributed by atoms with E-state index in [9.17, 15) is 9.59 Å². The van der Waals surface area contributed by atoms with Crippen molar-refractivity contribution in [1.82, 2.24) is 9.80 Å². The van der Waals surface area contributed by atoms with Gasteiger partial charge in [0.25, 0.3) is 5.91 Å². The highest BCUT2D eigenvalue weighted by Crippen LogP contribution is 2.50. The molecule has 2 aromatic rings. The largest absolute Gasteiger partial charge is 0.493 e. The van der Waals surface area contributed by atoms with Crippen LogP contribution in [0.5, 0.6) is 5.75 Å². The van der Waals surface area contributed by atoms with Crippen molar-refractivity contribution in [3.05, 3.63) is 65.7 Å². The van der Waals surface area contributed by atoms with E-state index >= 15 is 0 Å². The fraction of sp³-hybridized carbons (Fsp3) is 0.481. The van der Waals surface area contributed by atoms with Crippen molar-refractivity contribution in [2.75, 3.05) is 32.8 Å². The predicted octanol–water partition coefficient (Wildman–Crippen LogP) is 4.27. The molecule has 0 spiro atoms. The van der Waals surface area contributed by atoms with E-state index in [1.165, 1.54) is 0 Å². The lowest BCUT2D eigenvalue weighted by molar-refractivity contribution is -0.136. The molecule has 3 aliphatic rings. The van der Waals surface area contributed by atoms with E-state index in [2.05, 4.69) is 17.0 Å². The zero-order valence-corrected chi connectivity index (χ0v) is 18.7. The van der Waals surface area contributed by atoms with Crippen molar-refractivity contribution in [3.63, 3.8) is 0 Å². The lowest BCUT2D eigenvalue weighted by atomic mass is 9.91. The lowest BCUT2D eigenvalue weighted by Gasteiger charge is -2.35. The van der Waals surface area contributed by atoms with E-state index in [1.54, 1.807) is 0 Å². The maximum Gasteiger partial charge on any atom is 0.253 e. The second kappa shape index (κ2) is 8.97. The Morgan fingerprint density at radius 3 is 2.25 bits per heavy atom. The summed E-state index contributed by atoms with van der Waals surface area (Å²) in [5.74, 6) is 1.53. The van der Waals surface area contributed by atoms with Crippen LogP contribution in [0.2, 0.25) is 0 Å². The van der Waals surface area contributed by atoms with Gasteiger partial charge in [-0.1, -0.05) is 30.3 Å². The van der Waals surface area contributed by atoms with E-state index in [-0.39, 0.29) is 17.2 Å². The second-order valence-electron chi connectivity index (χ2n) is 9.54. The van der Waals surface area contributed by atoms with Gasteiger partial charge in [-0.2, -0.15) is 0 Å². The van der Waals surface area contributed by atoms with E-state index in [0.717, 1.165) is 81.6 Å². The first-order valence-electron chi connectivity index (χ1n) is 12.0. The van der Waals surface area contributed by atoms with Crippen LogP contribution in [0.25, 0.3) is 0 Å². The van der Waals surface area contributed by atoms with Crippen LogP contribution in [-0.4, -0.2) is 54.4 Å². The van der Waals surface area contributed by atoms with Gasteiger partial charge in [0, 0.05) is 37.7 Å². The number of benzene rings is 2. The number of rotatable bonds is 6. The molecule has 3 fully saturated rings. The van der Waals surface area contributed by atoms with E-state index < -0.39 is 0 Å². The first kappa shape index (κ1) is 21.0. The van der Waals surface area contributed by atoms with Gasteiger partial charge in [-0.3, -0.25) is 9.59 Å². The third-order valence-electron chi connectivity index (χ3n) is 7.27. The predicted molar refractivity (Wildman–Crippen MR) is 124 cm³/mol. The minimum absolute atomic E-state index is 0.114. The number of hydrogen-bond acceptors (Lipinski definition) is 3. The van der Waals surface area contributed by atoms with Crippen molar-refractivity contribution in [1.29, 1.82) is 0 Å². The summed E-state index contributed by atoms with van der Waals surface area (Å²) in [5, 5.41) is 0. The van der Waals surface area contributed by atoms with Gasteiger partial charge in [0.1, 0.15) is 5.75 Å². The molecule has 1 unspecified atom stereocenters. The minimum atomic E-state index is -0.290. The number of likely N-dealkylation sites (tertiary alicyclic amines) is 2. The van der Waals surface area contributed by atoms with Gasteiger partial charge in [-0.25, -0.2) is 0 Å². The van der Waals surface area contributed by atoms with Gasteiger partial charge in [0.05, 0.1) is 12.0 Å². The van der Waals surface area contributed by atoms with Crippen LogP contribution >= 0.6 is 0 Å². The summed E-state index contributed by atoms with van der Waals surface area (Å²) in [6.07, 6.45) is 6.20. The molecule has 5 nitrogen and oxygen atoms in total. The molecular weight excluding hydrogens is 400 g/mol. The molecule has 168 valence electrons. The minimum Gasteiger partial charge on any atom is -0.493 e. The summed E-state index contributed by atoms with van der Waals surface area (Å²) >= 11 is 0. The number of hydrogen-bond donors (Lipinski definition) is 0. The molecule has 0 aromatic heterocycles. The summed E-state index contributed by atoms with van der Waals surface area (Å²) in [6.45, 7) is 3.93. The van der Waals surface area contributed by atoms with Crippen LogP contribution in [0.15, 0.2) is 54.6 Å². The first-order chi connectivity index (χ1) is 15.7. The smallest absolute Gasteiger partial charge is 0.253 e. The van der Waals surface area contributed by atoms with Crippen LogP contribution in [0.4, 0.5) is 0 Å². The molecule has 0 N–H and O–H groups in total. The Balaban J connectivity index is 1.15. The van der Waals surface area contributed by atoms with Crippen molar-refractivity contribution in [3.8, 4) is 5.75 Å². The zero-order chi connectivity index (χ0) is 22.0. The summed E-state index contributed by atoms with van der Waals surface area (Å²) < 4.78 is 6.06. The van der Waals surface area contributed by atoms with Crippen LogP contribution < -0.4 is 4.74 Å². The van der Waals surface area contributed by atoms with Crippen molar-refractivity contribution in [2.45, 2.75) is 43.9 Å². The number of amides is 2. The molecule has 5 heteroatoms. The first-order valence-corrected chi connectivity index (χ1v) is 12.0. The molecule has 0 radical (unpaired) electrons. The van der Waals surface area contributed by atoms with Gasteiger partial charge in [-0.15, -0.1) is 0 Å². The Kier molecular flexibility index (Phi) is 5.90. The van der Waals surface area contributed by atoms with Crippen LogP contribution in [0.1, 0.15) is 54.4 Å². The maximum atomic E-state index is 13.4. The molecule has 1 atom stereocenters. The number of ether oxygens (including phenoxy) is 1. The fourth-order valence-electron chi connectivity index (χ4n) is 5.21. The SMILES string of the molecule is O=C(c1ccc(OCC2CCCN(C(=O)C3(c4ccccc4)CC3)C2)cc1)N1CCCC1. The molecule has 2 amide bonds. The highest BCUT2D eigenvalue weighted by atomic mass is 16.5. The van der Waals surface area contributed by atoms with Gasteiger partial charge >= 0.3 is 0 Å². The molecule has 2 aromatic carbocycles. The molecule has 2 heterocycles. The molecule has 1 aliphatic carbocycles. The number of carbonyl (C=O) groups is 2. The Morgan fingerprint density at radius 2 is 1.56 bits per heavy atom. The summed E-state index contributed by atoms with van der Waals surface area (Å²) in [4.78, 5) is 29.8. The van der Waals surface area contributed by atoms with Gasteiger partial charge in [0.15, 0.2) is 0 Å². The molecular formula is C27H32N2O3. The third-order valence-corrected chi connectivity index (χ3v) is 7.27. The van der Waals surface area contributed by atoms with Crippen LogP contribution in [-0.2, 0) is 10.2 Å². The monoisotopic (exact) mass is 432 g/mol. The third kappa shape index (κ3) is 4.25. The van der Waals surface area contributed by atoms with Crippen molar-refractivity contribution < 1.29 is 14.3 Å². The summed E-state index contributed by atoms with van der Waals surface area (Å²) in [5.41, 5.74) is 1.60. The Labute approximate surface area is 190 Å². The molecule has 2 aliphatic heterocycles. The Hall–Kier alpha value is -2.82. The van der Waals surface area contributed by atoms with Crippen molar-refractivity contribution in [2.24, 2.45) is 5.92 Å². The van der Waals surface area contributed by atoms with Crippen molar-refractivity contribution >= 4 is 11.8 Å². The highest BCUT2D eigenvalue weighted by molar-refractivity contribution is 5.94. The van der Waals surface area contributed by atoms with Gasteiger partial charge in [0.2, 0.25) is 5.91 Å². The summed E-state index contributed by atoms with van der Waals surface area (Å²) in [7, 11) is 0.